The molecule has 275 valence electrons. The van der Waals surface area contributed by atoms with Crippen LogP contribution in [-0.4, -0.2) is 15.0 Å². The number of nitriles is 1. The molecule has 0 aliphatic rings. The van der Waals surface area contributed by atoms with Crippen molar-refractivity contribution >= 4 is 21.9 Å². The first kappa shape index (κ1) is 36.3. The molecule has 0 bridgehead atoms. The summed E-state index contributed by atoms with van der Waals surface area (Å²) in [4.78, 5) is 13.2. The van der Waals surface area contributed by atoms with Gasteiger partial charge >= 0.3 is 0 Å². The van der Waals surface area contributed by atoms with Crippen molar-refractivity contribution in [3.63, 3.8) is 0 Å². The molecule has 1 radical (unpaired) electrons. The number of nitrogens with zero attached hydrogens (tertiary/aromatic N) is 4. The van der Waals surface area contributed by atoms with Gasteiger partial charge in [0.15, 0.2) is 0 Å². The van der Waals surface area contributed by atoms with Crippen LogP contribution < -0.4 is 0 Å². The Morgan fingerprint density at radius 1 is 0.691 bits per heavy atom. The van der Waals surface area contributed by atoms with Crippen molar-refractivity contribution in [2.75, 3.05) is 0 Å². The number of aromatic nitrogens is 3. The Morgan fingerprint density at radius 2 is 1.40 bits per heavy atom. The summed E-state index contributed by atoms with van der Waals surface area (Å²) in [5.41, 5.74) is 9.76. The second-order valence-corrected chi connectivity index (χ2v) is 15.2. The van der Waals surface area contributed by atoms with Gasteiger partial charge in [0.05, 0.1) is 17.2 Å². The van der Waals surface area contributed by atoms with E-state index in [1.807, 2.05) is 106 Å². The van der Waals surface area contributed by atoms with Gasteiger partial charge in [-0.2, -0.15) is 5.26 Å². The van der Waals surface area contributed by atoms with E-state index >= 15 is 0 Å². The number of hydrogen-bond acceptors (Lipinski definition) is 5. The topological polar surface area (TPSA) is 75.6 Å². The summed E-state index contributed by atoms with van der Waals surface area (Å²) >= 11 is 0. The number of pyridine rings is 1. The number of furan rings is 1. The van der Waals surface area contributed by atoms with E-state index in [9.17, 15) is 5.26 Å². The maximum absolute atomic E-state index is 10.0. The molecule has 0 saturated heterocycles. The molecule has 0 unspecified atom stereocenters. The Hall–Kier alpha value is -5.73. The van der Waals surface area contributed by atoms with Gasteiger partial charge < -0.3 is 9.40 Å². The van der Waals surface area contributed by atoms with Gasteiger partial charge in [-0.1, -0.05) is 131 Å². The predicted molar refractivity (Wildman–Crippen MR) is 220 cm³/mol. The van der Waals surface area contributed by atoms with Crippen LogP contribution in [0.1, 0.15) is 61.1 Å². The Morgan fingerprint density at radius 3 is 2.05 bits per heavy atom. The summed E-state index contributed by atoms with van der Waals surface area (Å²) < 4.78 is 23.9. The molecule has 8 aromatic rings. The van der Waals surface area contributed by atoms with Gasteiger partial charge in [-0.25, -0.2) is 4.98 Å². The molecule has 0 saturated carbocycles. The minimum Gasteiger partial charge on any atom is -0.500 e. The molecule has 8 rings (SSSR count). The van der Waals surface area contributed by atoms with Gasteiger partial charge in [-0.3, -0.25) is 4.98 Å². The van der Waals surface area contributed by atoms with Crippen molar-refractivity contribution in [1.82, 2.24) is 15.0 Å². The third kappa shape index (κ3) is 8.82. The summed E-state index contributed by atoms with van der Waals surface area (Å²) in [6.45, 7) is 12.1. The van der Waals surface area contributed by atoms with Gasteiger partial charge in [-0.05, 0) is 56.9 Å². The van der Waals surface area contributed by atoms with Crippen LogP contribution in [0.3, 0.4) is 0 Å². The second-order valence-electron chi connectivity index (χ2n) is 15.2. The molecule has 0 aliphatic heterocycles. The van der Waals surface area contributed by atoms with E-state index in [-0.39, 0.29) is 25.5 Å². The van der Waals surface area contributed by atoms with Crippen LogP contribution >= 0.6 is 0 Å². The van der Waals surface area contributed by atoms with Crippen LogP contribution in [0.25, 0.3) is 66.7 Å². The Labute approximate surface area is 340 Å². The zero-order valence-electron chi connectivity index (χ0n) is 33.7. The maximum atomic E-state index is 10.0. The average Bonchev–Trinajstić information content (AvgIpc) is 3.60. The third-order valence-electron chi connectivity index (χ3n) is 9.04. The van der Waals surface area contributed by atoms with E-state index in [1.165, 1.54) is 11.9 Å². The summed E-state index contributed by atoms with van der Waals surface area (Å²) in [5.74, 6) is 0. The number of fused-ring (bicyclic) bond motifs is 3. The summed E-state index contributed by atoms with van der Waals surface area (Å²) in [7, 11) is 0. The van der Waals surface area contributed by atoms with Gasteiger partial charge in [-0.15, -0.1) is 54.1 Å². The van der Waals surface area contributed by atoms with Crippen LogP contribution in [0.2, 0.25) is 0 Å². The SMILES string of the molecule is CC(C)(C)c1ccc(-c2[c-]cccc2)nc1.[2H]C([2H])(c1cc(-c2[c-]ccc3c2oc2c(-c4ccc(-c5ccccc5)cc4)c(C#N)ccc23)ncn1)C(C)(C)C.[Ir]. The summed E-state index contributed by atoms with van der Waals surface area (Å²) in [5, 5.41) is 11.8. The first-order valence-corrected chi connectivity index (χ1v) is 18.0. The minimum atomic E-state index is -1.67. The predicted octanol–water partition coefficient (Wildman–Crippen LogP) is 12.5. The summed E-state index contributed by atoms with van der Waals surface area (Å²) in [6, 6.07) is 48.3. The number of benzene rings is 5. The van der Waals surface area contributed by atoms with E-state index in [1.54, 1.807) is 6.07 Å². The fourth-order valence-electron chi connectivity index (χ4n) is 6.33. The maximum Gasteiger partial charge on any atom is 0.130 e. The molecule has 0 N–H and O–H groups in total. The minimum absolute atomic E-state index is 0. The quantitative estimate of drug-likeness (QED) is 0.161. The number of hydrogen-bond donors (Lipinski definition) is 0. The molecular formula is C49H42IrN4O-2. The van der Waals surface area contributed by atoms with Gasteiger partial charge in [0.25, 0.3) is 0 Å². The third-order valence-corrected chi connectivity index (χ3v) is 9.04. The van der Waals surface area contributed by atoms with Crippen LogP contribution in [0.4, 0.5) is 0 Å². The largest absolute Gasteiger partial charge is 0.500 e. The van der Waals surface area contributed by atoms with Crippen molar-refractivity contribution in [2.24, 2.45) is 5.41 Å². The van der Waals surface area contributed by atoms with E-state index in [0.717, 1.165) is 44.3 Å². The molecule has 6 heteroatoms. The van der Waals surface area contributed by atoms with Gasteiger partial charge in [0.2, 0.25) is 0 Å². The van der Waals surface area contributed by atoms with E-state index in [4.69, 9.17) is 7.16 Å². The van der Waals surface area contributed by atoms with Crippen LogP contribution in [0, 0.1) is 28.9 Å². The van der Waals surface area contributed by atoms with Crippen molar-refractivity contribution in [3.8, 4) is 50.8 Å². The zero-order valence-corrected chi connectivity index (χ0v) is 34.1. The molecule has 3 heterocycles. The standard InChI is InChI=1S/C34H26N3O.C15H16N.Ir/c1-34(2,3)19-26-18-30(37-21-36-26)29-11-7-10-27-28-17-16-25(20-35)31(33(28)38-32(27)29)24-14-12-23(13-15-24)22-8-5-4-6-9-22;1-15(2,3)13-9-10-14(16-11-13)12-7-5-4-6-8-12;/h4-10,12-18,21H,19H2,1-3H3;4-7,9-11H,1-3H3;/q2*-1;/i19D2;;. The van der Waals surface area contributed by atoms with Crippen molar-refractivity contribution in [1.29, 1.82) is 5.26 Å². The summed E-state index contributed by atoms with van der Waals surface area (Å²) in [6.07, 6.45) is 1.67. The molecule has 0 aliphatic carbocycles. The molecule has 0 spiro atoms. The monoisotopic (exact) mass is 897 g/mol. The van der Waals surface area contributed by atoms with Gasteiger partial charge in [0, 0.05) is 45.7 Å². The Balaban J connectivity index is 0.000000271. The van der Waals surface area contributed by atoms with E-state index in [0.29, 0.717) is 33.7 Å². The van der Waals surface area contributed by atoms with Crippen LogP contribution in [0.5, 0.6) is 0 Å². The molecule has 0 fully saturated rings. The van der Waals surface area contributed by atoms with Crippen LogP contribution in [-0.2, 0) is 31.9 Å². The van der Waals surface area contributed by atoms with Crippen molar-refractivity contribution in [2.45, 2.75) is 53.3 Å². The zero-order chi connectivity index (χ0) is 39.7. The molecule has 5 aromatic carbocycles. The molecule has 55 heavy (non-hydrogen) atoms. The van der Waals surface area contributed by atoms with E-state index < -0.39 is 11.8 Å². The molecular weight excluding hydrogens is 853 g/mol. The van der Waals surface area contributed by atoms with Gasteiger partial charge in [0.1, 0.15) is 11.9 Å². The van der Waals surface area contributed by atoms with E-state index in [2.05, 4.69) is 90.3 Å². The second kappa shape index (κ2) is 16.3. The van der Waals surface area contributed by atoms with Crippen LogP contribution in [0.15, 0.2) is 138 Å². The van der Waals surface area contributed by atoms with Crippen molar-refractivity contribution in [3.05, 3.63) is 163 Å². The molecule has 0 amide bonds. The van der Waals surface area contributed by atoms with Crippen molar-refractivity contribution < 1.29 is 27.3 Å². The number of rotatable bonds is 5. The average molecular weight is 897 g/mol. The Kier molecular flexibility index (Phi) is 10.8. The normalized spacial score (nSPS) is 12.2. The Bertz CT molecular complexity index is 2670. The first-order valence-electron chi connectivity index (χ1n) is 19.0. The molecule has 5 nitrogen and oxygen atoms in total. The first-order chi connectivity index (χ1) is 26.8. The smallest absolute Gasteiger partial charge is 0.130 e. The fourth-order valence-corrected chi connectivity index (χ4v) is 6.33. The molecule has 3 aromatic heterocycles. The molecule has 0 atom stereocenters. The fraction of sp³-hybridized carbons (Fsp3) is 0.184.